The van der Waals surface area contributed by atoms with Crippen molar-refractivity contribution in [3.8, 4) is 11.1 Å². The van der Waals surface area contributed by atoms with Gasteiger partial charge in [0.05, 0.1) is 0 Å². The van der Waals surface area contributed by atoms with Crippen LogP contribution in [-0.2, 0) is 6.42 Å². The van der Waals surface area contributed by atoms with E-state index < -0.39 is 0 Å². The zero-order chi connectivity index (χ0) is 34.0. The molecule has 3 rings (SSSR count). The first kappa shape index (κ1) is 41.4. The lowest BCUT2D eigenvalue weighted by Gasteiger charge is -2.17. The predicted molar refractivity (Wildman–Crippen MR) is 206 cm³/mol. The fourth-order valence-corrected chi connectivity index (χ4v) is 4.68. The lowest BCUT2D eigenvalue weighted by Crippen LogP contribution is -2.21. The second-order valence-electron chi connectivity index (χ2n) is 11.5. The van der Waals surface area contributed by atoms with Crippen LogP contribution in [0.5, 0.6) is 0 Å². The number of hydrogen-bond donors (Lipinski definition) is 1. The van der Waals surface area contributed by atoms with Crippen LogP contribution in [0.1, 0.15) is 105 Å². The Balaban J connectivity index is 0.000000691. The lowest BCUT2D eigenvalue weighted by molar-refractivity contribution is 0.425. The van der Waals surface area contributed by atoms with Crippen LogP contribution in [0.3, 0.4) is 0 Å². The van der Waals surface area contributed by atoms with Gasteiger partial charge in [0.25, 0.3) is 0 Å². The highest BCUT2D eigenvalue weighted by atomic mass is 14.9. The smallest absolute Gasteiger partial charge is 0.0277 e. The number of aliphatic imine (C=N–C) groups is 1. The topological polar surface area (TPSA) is 24.4 Å². The molecule has 3 aromatic rings. The number of hydrogen-bond acceptors (Lipinski definition) is 2. The Morgan fingerprint density at radius 3 is 1.78 bits per heavy atom. The Morgan fingerprint density at radius 2 is 1.31 bits per heavy atom. The maximum absolute atomic E-state index is 4.21. The molecule has 0 aliphatic rings. The van der Waals surface area contributed by atoms with Crippen molar-refractivity contribution in [1.29, 1.82) is 0 Å². The third kappa shape index (κ3) is 18.0. The van der Waals surface area contributed by atoms with Crippen LogP contribution in [0.2, 0.25) is 0 Å². The zero-order valence-corrected chi connectivity index (χ0v) is 30.6. The molecule has 0 aliphatic carbocycles. The van der Waals surface area contributed by atoms with E-state index in [-0.39, 0.29) is 0 Å². The molecular formula is C43H64N2. The number of benzene rings is 3. The highest BCUT2D eigenvalue weighted by molar-refractivity contribution is 5.78. The molecule has 3 aromatic carbocycles. The molecule has 0 saturated heterocycles. The molecule has 0 spiro atoms. The lowest BCUT2D eigenvalue weighted by atomic mass is 9.98. The van der Waals surface area contributed by atoms with Gasteiger partial charge in [-0.05, 0) is 105 Å². The Kier molecular flexibility index (Phi) is 23.6. The first-order valence-electron chi connectivity index (χ1n) is 17.0. The van der Waals surface area contributed by atoms with Gasteiger partial charge < -0.3 is 5.32 Å². The fraction of sp³-hybridized carbons (Fsp3) is 0.419. The summed E-state index contributed by atoms with van der Waals surface area (Å²) in [6.07, 6.45) is 10.3. The van der Waals surface area contributed by atoms with E-state index in [9.17, 15) is 0 Å². The molecule has 0 unspecified atom stereocenters. The average Bonchev–Trinajstić information content (AvgIpc) is 3.06. The summed E-state index contributed by atoms with van der Waals surface area (Å²) in [4.78, 5) is 3.87. The standard InChI is InChI=1S/C20H31N.C14H14.C7H13N.C2H6/c1-6-10-19(11-7-2)15-21-18(5)14-17(4)20-13-9-8-12-16(20)3;1-2-12-8-10-14(11-9-12)13-6-4-3-5-7-13;1-6(2)7(3)5-8-4;1-2/h8-9,12-14,19,21H,4,6-7,10-11,15H2,1-3,5H3;3-11H,2H2,1H3;5H,1-4H3;1-2H3/b18-14+;;;. The van der Waals surface area contributed by atoms with Crippen molar-refractivity contribution in [2.75, 3.05) is 13.6 Å². The second kappa shape index (κ2) is 25.7. The van der Waals surface area contributed by atoms with E-state index in [0.29, 0.717) is 0 Å². The predicted octanol–water partition coefficient (Wildman–Crippen LogP) is 12.7. The van der Waals surface area contributed by atoms with E-state index in [2.05, 4.69) is 151 Å². The van der Waals surface area contributed by atoms with Gasteiger partial charge in [-0.2, -0.15) is 0 Å². The van der Waals surface area contributed by atoms with Crippen molar-refractivity contribution in [2.45, 2.75) is 101 Å². The number of nitrogens with one attached hydrogen (secondary N) is 1. The number of aryl methyl sites for hydroxylation is 2. The zero-order valence-electron chi connectivity index (χ0n) is 30.6. The summed E-state index contributed by atoms with van der Waals surface area (Å²) >= 11 is 0. The van der Waals surface area contributed by atoms with Crippen LogP contribution in [0, 0.1) is 12.8 Å². The summed E-state index contributed by atoms with van der Waals surface area (Å²) in [7, 11) is 1.78. The Labute approximate surface area is 278 Å². The van der Waals surface area contributed by atoms with Gasteiger partial charge in [-0.1, -0.05) is 138 Å². The summed E-state index contributed by atoms with van der Waals surface area (Å²) < 4.78 is 0. The summed E-state index contributed by atoms with van der Waals surface area (Å²) in [5.74, 6) is 0.787. The molecule has 45 heavy (non-hydrogen) atoms. The minimum atomic E-state index is 0.787. The van der Waals surface area contributed by atoms with E-state index >= 15 is 0 Å². The first-order valence-corrected chi connectivity index (χ1v) is 17.0. The van der Waals surface area contributed by atoms with Gasteiger partial charge in [0.1, 0.15) is 0 Å². The number of nitrogens with zero attached hydrogens (tertiary/aromatic N) is 1. The molecule has 1 N–H and O–H groups in total. The highest BCUT2D eigenvalue weighted by Crippen LogP contribution is 2.20. The van der Waals surface area contributed by atoms with Crippen LogP contribution >= 0.6 is 0 Å². The van der Waals surface area contributed by atoms with Gasteiger partial charge in [0.2, 0.25) is 0 Å². The van der Waals surface area contributed by atoms with Crippen molar-refractivity contribution in [1.82, 2.24) is 5.32 Å². The van der Waals surface area contributed by atoms with E-state index in [1.54, 1.807) is 7.05 Å². The molecule has 0 aliphatic heterocycles. The fourth-order valence-electron chi connectivity index (χ4n) is 4.68. The Hall–Kier alpha value is -3.65. The van der Waals surface area contributed by atoms with E-state index in [4.69, 9.17) is 0 Å². The van der Waals surface area contributed by atoms with Crippen LogP contribution in [0.15, 0.2) is 113 Å². The largest absolute Gasteiger partial charge is 0.388 e. The molecule has 0 fully saturated rings. The Bertz CT molecular complexity index is 1270. The van der Waals surface area contributed by atoms with Crippen LogP contribution in [0.25, 0.3) is 16.7 Å². The van der Waals surface area contributed by atoms with Crippen molar-refractivity contribution in [3.05, 3.63) is 125 Å². The van der Waals surface area contributed by atoms with Crippen molar-refractivity contribution >= 4 is 11.8 Å². The molecule has 0 aromatic heterocycles. The highest BCUT2D eigenvalue weighted by Gasteiger charge is 2.06. The molecule has 0 saturated carbocycles. The van der Waals surface area contributed by atoms with E-state index in [0.717, 1.165) is 24.5 Å². The third-order valence-corrected chi connectivity index (χ3v) is 7.53. The van der Waals surface area contributed by atoms with Gasteiger partial charge in [0, 0.05) is 25.5 Å². The molecule has 2 heteroatoms. The maximum Gasteiger partial charge on any atom is 0.0277 e. The molecular weight excluding hydrogens is 544 g/mol. The summed E-state index contributed by atoms with van der Waals surface area (Å²) in [6, 6.07) is 27.7. The molecule has 0 bridgehead atoms. The summed E-state index contributed by atoms with van der Waals surface area (Å²) in [5, 5.41) is 3.57. The van der Waals surface area contributed by atoms with Gasteiger partial charge in [0.15, 0.2) is 0 Å². The number of rotatable bonds is 12. The van der Waals surface area contributed by atoms with Crippen molar-refractivity contribution in [3.63, 3.8) is 0 Å². The summed E-state index contributed by atoms with van der Waals surface area (Å²) in [6.45, 7) is 26.5. The van der Waals surface area contributed by atoms with Gasteiger partial charge >= 0.3 is 0 Å². The summed E-state index contributed by atoms with van der Waals surface area (Å²) in [5.41, 5.74) is 11.4. The minimum Gasteiger partial charge on any atom is -0.388 e. The second-order valence-corrected chi connectivity index (χ2v) is 11.5. The van der Waals surface area contributed by atoms with E-state index in [1.807, 2.05) is 26.1 Å². The number of allylic oxidation sites excluding steroid dienone is 5. The van der Waals surface area contributed by atoms with Gasteiger partial charge in [-0.15, -0.1) is 0 Å². The molecule has 0 heterocycles. The molecule has 0 radical (unpaired) electrons. The monoisotopic (exact) mass is 609 g/mol. The normalized spacial score (nSPS) is 10.5. The molecule has 246 valence electrons. The Morgan fingerprint density at radius 1 is 0.778 bits per heavy atom. The van der Waals surface area contributed by atoms with Crippen molar-refractivity contribution in [2.24, 2.45) is 10.9 Å². The first-order chi connectivity index (χ1) is 21.7. The molecule has 0 atom stereocenters. The molecule has 0 amide bonds. The van der Waals surface area contributed by atoms with Crippen LogP contribution in [0.4, 0.5) is 0 Å². The SMILES string of the molecule is C=C(/C=C(\C)NCC(CCC)CCC)c1ccccc1C.CC.CCc1ccc(-c2ccccc2)cc1.CN=CC(C)=C(C)C. The average molecular weight is 609 g/mol. The maximum atomic E-state index is 4.21. The molecule has 2 nitrogen and oxygen atoms in total. The quantitative estimate of drug-likeness (QED) is 0.160. The third-order valence-electron chi connectivity index (χ3n) is 7.53. The van der Waals surface area contributed by atoms with Gasteiger partial charge in [-0.3, -0.25) is 4.99 Å². The van der Waals surface area contributed by atoms with Crippen molar-refractivity contribution < 1.29 is 0 Å². The van der Waals surface area contributed by atoms with Gasteiger partial charge in [-0.25, -0.2) is 0 Å². The van der Waals surface area contributed by atoms with Crippen LogP contribution < -0.4 is 5.32 Å². The minimum absolute atomic E-state index is 0.787. The van der Waals surface area contributed by atoms with E-state index in [1.165, 1.54) is 70.3 Å². The van der Waals surface area contributed by atoms with Crippen LogP contribution in [-0.4, -0.2) is 19.8 Å².